The highest BCUT2D eigenvalue weighted by Crippen LogP contribution is 2.27. The first-order chi connectivity index (χ1) is 11.1. The van der Waals surface area contributed by atoms with Gasteiger partial charge in [-0.15, -0.1) is 11.3 Å². The normalized spacial score (nSPS) is 22.7. The van der Waals surface area contributed by atoms with Crippen molar-refractivity contribution in [3.8, 4) is 10.7 Å². The number of thiophene rings is 1. The number of hydrogen-bond donors (Lipinski definition) is 2. The van der Waals surface area contributed by atoms with Crippen LogP contribution >= 0.6 is 23.6 Å². The molecule has 0 spiro atoms. The summed E-state index contributed by atoms with van der Waals surface area (Å²) in [5.74, 6) is 1.28. The monoisotopic (exact) mass is 350 g/mol. The summed E-state index contributed by atoms with van der Waals surface area (Å²) >= 11 is 6.93. The number of amides is 1. The molecule has 1 amide bonds. The van der Waals surface area contributed by atoms with Crippen LogP contribution in [0.3, 0.4) is 0 Å². The Labute approximate surface area is 145 Å². The average Bonchev–Trinajstić information content (AvgIpc) is 3.18. The number of H-pyrrole nitrogens is 1. The van der Waals surface area contributed by atoms with Gasteiger partial charge >= 0.3 is 0 Å². The Balaban J connectivity index is 1.80. The minimum absolute atomic E-state index is 0.0130. The molecule has 1 saturated carbocycles. The third-order valence-electron chi connectivity index (χ3n) is 4.65. The molecule has 2 N–H and O–H groups in total. The Kier molecular flexibility index (Phi) is 4.96. The van der Waals surface area contributed by atoms with E-state index in [0.29, 0.717) is 10.7 Å². The second-order valence-corrected chi connectivity index (χ2v) is 7.59. The standard InChI is InChI=1S/C16H22N4OS2/c1-10-6-3-4-7-12(10)17-15(21)11(2)20-14(18-19-16(20)22)13-8-5-9-23-13/h5,8-12H,3-4,6-7H2,1-2H3,(H,17,21)(H,19,22)/t10-,11-,12+/m1/s1. The van der Waals surface area contributed by atoms with Crippen LogP contribution in [0, 0.1) is 10.7 Å². The van der Waals surface area contributed by atoms with Crippen LogP contribution in [-0.2, 0) is 4.79 Å². The van der Waals surface area contributed by atoms with Crippen molar-refractivity contribution in [3.63, 3.8) is 0 Å². The molecular weight excluding hydrogens is 328 g/mol. The molecule has 2 heterocycles. The number of aromatic nitrogens is 3. The molecule has 124 valence electrons. The van der Waals surface area contributed by atoms with E-state index in [1.807, 2.05) is 29.0 Å². The van der Waals surface area contributed by atoms with Gasteiger partial charge in [-0.1, -0.05) is 25.8 Å². The van der Waals surface area contributed by atoms with Gasteiger partial charge in [0, 0.05) is 6.04 Å². The van der Waals surface area contributed by atoms with Gasteiger partial charge in [0.2, 0.25) is 5.91 Å². The number of carbonyl (C=O) groups is 1. The van der Waals surface area contributed by atoms with Crippen LogP contribution in [-0.4, -0.2) is 26.7 Å². The molecule has 0 bridgehead atoms. The summed E-state index contributed by atoms with van der Waals surface area (Å²) < 4.78 is 2.29. The minimum atomic E-state index is -0.382. The molecule has 0 unspecified atom stereocenters. The lowest BCUT2D eigenvalue weighted by Crippen LogP contribution is -2.43. The van der Waals surface area contributed by atoms with E-state index in [1.54, 1.807) is 11.3 Å². The van der Waals surface area contributed by atoms with Crippen LogP contribution in [0.5, 0.6) is 0 Å². The summed E-state index contributed by atoms with van der Waals surface area (Å²) in [4.78, 5) is 13.7. The molecule has 3 rings (SSSR count). The van der Waals surface area contributed by atoms with Gasteiger partial charge in [0.25, 0.3) is 0 Å². The highest BCUT2D eigenvalue weighted by Gasteiger charge is 2.27. The van der Waals surface area contributed by atoms with Gasteiger partial charge in [-0.25, -0.2) is 0 Å². The van der Waals surface area contributed by atoms with E-state index >= 15 is 0 Å². The van der Waals surface area contributed by atoms with Crippen LogP contribution in [0.15, 0.2) is 17.5 Å². The fraction of sp³-hybridized carbons (Fsp3) is 0.562. The van der Waals surface area contributed by atoms with Crippen molar-refractivity contribution >= 4 is 29.5 Å². The lowest BCUT2D eigenvalue weighted by Gasteiger charge is -2.30. The van der Waals surface area contributed by atoms with Crippen LogP contribution < -0.4 is 5.32 Å². The molecule has 0 radical (unpaired) electrons. The third-order valence-corrected chi connectivity index (χ3v) is 5.81. The summed E-state index contributed by atoms with van der Waals surface area (Å²) in [6.07, 6.45) is 4.70. The first kappa shape index (κ1) is 16.4. The van der Waals surface area contributed by atoms with Crippen molar-refractivity contribution in [3.05, 3.63) is 22.3 Å². The molecule has 5 nitrogen and oxygen atoms in total. The molecule has 7 heteroatoms. The molecule has 3 atom stereocenters. The zero-order valence-corrected chi connectivity index (χ0v) is 15.0. The maximum atomic E-state index is 12.7. The van der Waals surface area contributed by atoms with Crippen molar-refractivity contribution in [2.24, 2.45) is 5.92 Å². The van der Waals surface area contributed by atoms with Gasteiger partial charge in [0.05, 0.1) is 4.88 Å². The second-order valence-electron chi connectivity index (χ2n) is 6.25. The molecule has 0 aliphatic heterocycles. The van der Waals surface area contributed by atoms with Crippen LogP contribution in [0.4, 0.5) is 0 Å². The highest BCUT2D eigenvalue weighted by molar-refractivity contribution is 7.71. The van der Waals surface area contributed by atoms with Gasteiger partial charge in [-0.05, 0) is 49.3 Å². The maximum absolute atomic E-state index is 12.7. The lowest BCUT2D eigenvalue weighted by molar-refractivity contribution is -0.125. The summed E-state index contributed by atoms with van der Waals surface area (Å²) in [6.45, 7) is 4.10. The van der Waals surface area contributed by atoms with Gasteiger partial charge in [-0.3, -0.25) is 14.5 Å². The number of nitrogens with zero attached hydrogens (tertiary/aromatic N) is 2. The summed E-state index contributed by atoms with van der Waals surface area (Å²) in [5, 5.41) is 12.3. The van der Waals surface area contributed by atoms with E-state index in [2.05, 4.69) is 22.4 Å². The lowest BCUT2D eigenvalue weighted by atomic mass is 9.86. The third kappa shape index (κ3) is 3.40. The number of aromatic amines is 1. The summed E-state index contributed by atoms with van der Waals surface area (Å²) in [5.41, 5.74) is 0. The number of rotatable bonds is 4. The Hall–Kier alpha value is -1.47. The highest BCUT2D eigenvalue weighted by atomic mass is 32.1. The SMILES string of the molecule is C[C@@H]1CCCC[C@@H]1NC(=O)[C@@H](C)n1c(-c2cccs2)n[nH]c1=S. The van der Waals surface area contributed by atoms with Gasteiger partial charge in [-0.2, -0.15) is 5.10 Å². The molecule has 1 aliphatic carbocycles. The molecule has 2 aromatic heterocycles. The van der Waals surface area contributed by atoms with Crippen molar-refractivity contribution in [2.45, 2.75) is 51.6 Å². The molecular formula is C16H22N4OS2. The fourth-order valence-electron chi connectivity index (χ4n) is 3.19. The molecule has 1 fully saturated rings. The van der Waals surface area contributed by atoms with Crippen molar-refractivity contribution < 1.29 is 4.79 Å². The van der Waals surface area contributed by atoms with E-state index in [4.69, 9.17) is 12.2 Å². The van der Waals surface area contributed by atoms with Crippen LogP contribution in [0.2, 0.25) is 0 Å². The van der Waals surface area contributed by atoms with Crippen molar-refractivity contribution in [2.75, 3.05) is 0 Å². The quantitative estimate of drug-likeness (QED) is 0.822. The van der Waals surface area contributed by atoms with E-state index in [9.17, 15) is 4.79 Å². The van der Waals surface area contributed by atoms with Gasteiger partial charge < -0.3 is 5.32 Å². The number of nitrogens with one attached hydrogen (secondary N) is 2. The second kappa shape index (κ2) is 6.97. The topological polar surface area (TPSA) is 62.7 Å². The smallest absolute Gasteiger partial charge is 0.243 e. The molecule has 0 aromatic carbocycles. The predicted molar refractivity (Wildman–Crippen MR) is 95.0 cm³/mol. The van der Waals surface area contributed by atoms with Gasteiger partial charge in [0.1, 0.15) is 6.04 Å². The summed E-state index contributed by atoms with van der Waals surface area (Å²) in [6, 6.07) is 3.84. The predicted octanol–water partition coefficient (Wildman–Crippen LogP) is 3.93. The zero-order valence-electron chi connectivity index (χ0n) is 13.4. The molecule has 0 saturated heterocycles. The zero-order chi connectivity index (χ0) is 16.4. The molecule has 23 heavy (non-hydrogen) atoms. The van der Waals surface area contributed by atoms with Crippen LogP contribution in [0.1, 0.15) is 45.6 Å². The minimum Gasteiger partial charge on any atom is -0.351 e. The summed E-state index contributed by atoms with van der Waals surface area (Å²) in [7, 11) is 0. The number of carbonyl (C=O) groups excluding carboxylic acids is 1. The first-order valence-corrected chi connectivity index (χ1v) is 9.38. The van der Waals surface area contributed by atoms with Crippen molar-refractivity contribution in [1.29, 1.82) is 0 Å². The Bertz CT molecular complexity index is 719. The largest absolute Gasteiger partial charge is 0.351 e. The average molecular weight is 351 g/mol. The molecule has 1 aliphatic rings. The van der Waals surface area contributed by atoms with E-state index in [1.165, 1.54) is 19.3 Å². The first-order valence-electron chi connectivity index (χ1n) is 8.09. The van der Waals surface area contributed by atoms with Crippen LogP contribution in [0.25, 0.3) is 10.7 Å². The van der Waals surface area contributed by atoms with E-state index in [-0.39, 0.29) is 18.0 Å². The van der Waals surface area contributed by atoms with Gasteiger partial charge in [0.15, 0.2) is 10.6 Å². The Morgan fingerprint density at radius 3 is 3.00 bits per heavy atom. The molecule has 2 aromatic rings. The van der Waals surface area contributed by atoms with E-state index < -0.39 is 0 Å². The maximum Gasteiger partial charge on any atom is 0.243 e. The van der Waals surface area contributed by atoms with E-state index in [0.717, 1.165) is 17.1 Å². The fourth-order valence-corrected chi connectivity index (χ4v) is 4.20. The van der Waals surface area contributed by atoms with Crippen molar-refractivity contribution in [1.82, 2.24) is 20.1 Å². The Morgan fingerprint density at radius 2 is 2.30 bits per heavy atom. The number of hydrogen-bond acceptors (Lipinski definition) is 4. The Morgan fingerprint density at radius 1 is 1.52 bits per heavy atom.